The van der Waals surface area contributed by atoms with E-state index in [2.05, 4.69) is 0 Å². The summed E-state index contributed by atoms with van der Waals surface area (Å²) in [6.07, 6.45) is 3.93. The summed E-state index contributed by atoms with van der Waals surface area (Å²) < 4.78 is 39.9. The third-order valence-corrected chi connectivity index (χ3v) is 4.81. The average molecular weight is 457 g/mol. The molecule has 0 aliphatic heterocycles. The van der Waals surface area contributed by atoms with Gasteiger partial charge in [0, 0.05) is 5.92 Å². The van der Waals surface area contributed by atoms with Gasteiger partial charge in [-0.2, -0.15) is 13.2 Å². The molecule has 0 saturated carbocycles. The second kappa shape index (κ2) is 10.9. The van der Waals surface area contributed by atoms with Gasteiger partial charge < -0.3 is 5.11 Å². The first kappa shape index (κ1) is 26.9. The van der Waals surface area contributed by atoms with Gasteiger partial charge in [-0.05, 0) is 43.5 Å². The van der Waals surface area contributed by atoms with Gasteiger partial charge in [0.15, 0.2) is 5.78 Å². The van der Waals surface area contributed by atoms with Crippen molar-refractivity contribution in [2.75, 3.05) is 0 Å². The van der Waals surface area contributed by atoms with Crippen molar-refractivity contribution in [2.24, 2.45) is 11.8 Å². The van der Waals surface area contributed by atoms with Gasteiger partial charge in [0.2, 0.25) is 0 Å². The van der Waals surface area contributed by atoms with E-state index in [1.165, 1.54) is 32.1 Å². The fraction of sp³-hybridized carbons (Fsp3) is 0.417. The molecule has 0 bridgehead atoms. The average Bonchev–Trinajstić information content (AvgIpc) is 2.65. The summed E-state index contributed by atoms with van der Waals surface area (Å²) in [4.78, 5) is 25.2. The first-order valence-electron chi connectivity index (χ1n) is 9.92. The molecule has 0 aliphatic rings. The zero-order valence-corrected chi connectivity index (χ0v) is 19.0. The van der Waals surface area contributed by atoms with Crippen molar-refractivity contribution < 1.29 is 27.9 Å². The number of alkyl halides is 3. The van der Waals surface area contributed by atoms with Crippen LogP contribution in [0.4, 0.5) is 13.2 Å². The Labute approximate surface area is 186 Å². The summed E-state index contributed by atoms with van der Waals surface area (Å²) in [6.45, 7) is 7.76. The Bertz CT molecular complexity index is 888. The summed E-state index contributed by atoms with van der Waals surface area (Å²) in [5, 5.41) is 9.68. The third-order valence-electron chi connectivity index (χ3n) is 4.48. The van der Waals surface area contributed by atoms with Crippen LogP contribution in [0.5, 0.6) is 0 Å². The lowest BCUT2D eigenvalue weighted by Crippen LogP contribution is -2.40. The van der Waals surface area contributed by atoms with E-state index in [0.717, 1.165) is 12.1 Å². The maximum Gasteiger partial charge on any atom is 0.417 e. The van der Waals surface area contributed by atoms with Crippen LogP contribution in [-0.2, 0) is 15.8 Å². The van der Waals surface area contributed by atoms with Crippen molar-refractivity contribution in [3.8, 4) is 0 Å². The molecule has 1 aromatic rings. The second-order valence-electron chi connectivity index (χ2n) is 7.97. The third kappa shape index (κ3) is 7.78. The first-order valence-corrected chi connectivity index (χ1v) is 10.3. The molecule has 3 nitrogen and oxygen atoms in total. The number of aliphatic hydroxyl groups is 1. The SMILES string of the molecule is CCC=C/C=C(\C=C\C(C(=O)C(C)C)C(=O)C(C)(C)O)c1ccc(Cl)c(C(F)(F)F)c1. The van der Waals surface area contributed by atoms with Gasteiger partial charge in [-0.1, -0.05) is 68.8 Å². The van der Waals surface area contributed by atoms with E-state index in [1.807, 2.05) is 13.0 Å². The van der Waals surface area contributed by atoms with Crippen LogP contribution in [0.1, 0.15) is 52.2 Å². The number of ketones is 2. The highest BCUT2D eigenvalue weighted by Gasteiger charge is 2.36. The highest BCUT2D eigenvalue weighted by atomic mass is 35.5. The maximum absolute atomic E-state index is 13.3. The van der Waals surface area contributed by atoms with Gasteiger partial charge in [-0.25, -0.2) is 0 Å². The number of halogens is 4. The van der Waals surface area contributed by atoms with Crippen LogP contribution < -0.4 is 0 Å². The number of hydrogen-bond acceptors (Lipinski definition) is 3. The van der Waals surface area contributed by atoms with Crippen LogP contribution in [-0.4, -0.2) is 22.3 Å². The van der Waals surface area contributed by atoms with E-state index < -0.39 is 40.0 Å². The summed E-state index contributed by atoms with van der Waals surface area (Å²) >= 11 is 5.72. The fourth-order valence-electron chi connectivity index (χ4n) is 2.73. The molecule has 0 spiro atoms. The Hall–Kier alpha value is -2.18. The lowest BCUT2D eigenvalue weighted by molar-refractivity contribution is -0.142. The van der Waals surface area contributed by atoms with Gasteiger partial charge in [0.1, 0.15) is 11.4 Å². The normalized spacial score (nSPS) is 14.6. The molecule has 1 aromatic carbocycles. The van der Waals surface area contributed by atoms with Crippen molar-refractivity contribution >= 4 is 28.7 Å². The Morgan fingerprint density at radius 1 is 1.19 bits per heavy atom. The Kier molecular flexibility index (Phi) is 9.45. The highest BCUT2D eigenvalue weighted by Crippen LogP contribution is 2.36. The molecule has 0 radical (unpaired) electrons. The number of rotatable bonds is 9. The van der Waals surface area contributed by atoms with Crippen LogP contribution >= 0.6 is 11.6 Å². The number of benzene rings is 1. The van der Waals surface area contributed by atoms with E-state index in [1.54, 1.807) is 26.0 Å². The molecule has 0 amide bonds. The fourth-order valence-corrected chi connectivity index (χ4v) is 2.95. The van der Waals surface area contributed by atoms with Crippen LogP contribution in [0.15, 0.2) is 48.6 Å². The van der Waals surface area contributed by atoms with E-state index in [4.69, 9.17) is 11.6 Å². The predicted octanol–water partition coefficient (Wildman–Crippen LogP) is 6.45. The molecule has 1 N–H and O–H groups in total. The predicted molar refractivity (Wildman–Crippen MR) is 118 cm³/mol. The quantitative estimate of drug-likeness (QED) is 0.343. The van der Waals surface area contributed by atoms with Crippen LogP contribution in [0.25, 0.3) is 5.57 Å². The standard InChI is InChI=1S/C24H28ClF3O3/c1-6-7-8-9-16(17-11-13-20(25)19(14-17)24(26,27)28)10-12-18(21(29)15(2)3)22(30)23(4,5)31/h7-15,18,31H,6H2,1-5H3/b8-7?,12-10+,16-9+. The number of allylic oxidation sites excluding steroid dienone is 6. The molecule has 0 fully saturated rings. The molecule has 0 heterocycles. The zero-order chi connectivity index (χ0) is 24.0. The second-order valence-corrected chi connectivity index (χ2v) is 8.38. The summed E-state index contributed by atoms with van der Waals surface area (Å²) in [7, 11) is 0. The van der Waals surface area contributed by atoms with Gasteiger partial charge in [-0.3, -0.25) is 9.59 Å². The van der Waals surface area contributed by atoms with Crippen molar-refractivity contribution in [2.45, 2.75) is 52.8 Å². The van der Waals surface area contributed by atoms with Crippen molar-refractivity contribution in [1.82, 2.24) is 0 Å². The molecule has 7 heteroatoms. The van der Waals surface area contributed by atoms with Crippen LogP contribution in [0.3, 0.4) is 0 Å². The number of hydrogen-bond donors (Lipinski definition) is 1. The lowest BCUT2D eigenvalue weighted by Gasteiger charge is -2.22. The minimum Gasteiger partial charge on any atom is -0.383 e. The molecular formula is C24H28ClF3O3. The minimum atomic E-state index is -4.63. The maximum atomic E-state index is 13.3. The number of carbonyl (C=O) groups is 2. The molecule has 31 heavy (non-hydrogen) atoms. The molecule has 0 aromatic heterocycles. The molecule has 0 saturated heterocycles. The molecular weight excluding hydrogens is 429 g/mol. The van der Waals surface area contributed by atoms with E-state index >= 15 is 0 Å². The highest BCUT2D eigenvalue weighted by molar-refractivity contribution is 6.31. The zero-order valence-electron chi connectivity index (χ0n) is 18.3. The van der Waals surface area contributed by atoms with Gasteiger partial charge in [-0.15, -0.1) is 0 Å². The molecule has 170 valence electrons. The Morgan fingerprint density at radius 2 is 1.81 bits per heavy atom. The largest absolute Gasteiger partial charge is 0.417 e. The van der Waals surface area contributed by atoms with E-state index in [9.17, 15) is 27.9 Å². The van der Waals surface area contributed by atoms with Crippen molar-refractivity contribution in [1.29, 1.82) is 0 Å². The van der Waals surface area contributed by atoms with Gasteiger partial charge >= 0.3 is 6.18 Å². The van der Waals surface area contributed by atoms with Crippen LogP contribution in [0, 0.1) is 11.8 Å². The molecule has 1 unspecified atom stereocenters. The van der Waals surface area contributed by atoms with Gasteiger partial charge in [0.05, 0.1) is 16.5 Å². The van der Waals surface area contributed by atoms with E-state index in [-0.39, 0.29) is 11.3 Å². The lowest BCUT2D eigenvalue weighted by atomic mass is 9.84. The smallest absolute Gasteiger partial charge is 0.383 e. The molecule has 1 rings (SSSR count). The minimum absolute atomic E-state index is 0.222. The molecule has 0 aliphatic carbocycles. The Balaban J connectivity index is 3.54. The first-order chi connectivity index (χ1) is 14.2. The van der Waals surface area contributed by atoms with Gasteiger partial charge in [0.25, 0.3) is 0 Å². The van der Waals surface area contributed by atoms with E-state index in [0.29, 0.717) is 12.0 Å². The Morgan fingerprint density at radius 3 is 2.29 bits per heavy atom. The topological polar surface area (TPSA) is 54.4 Å². The van der Waals surface area contributed by atoms with Crippen molar-refractivity contribution in [3.63, 3.8) is 0 Å². The van der Waals surface area contributed by atoms with Crippen LogP contribution in [0.2, 0.25) is 5.02 Å². The summed E-state index contributed by atoms with van der Waals surface area (Å²) in [5.74, 6) is -2.77. The number of Topliss-reactive ketones (excluding diaryl/α,β-unsaturated/α-hetero) is 2. The summed E-state index contributed by atoms with van der Waals surface area (Å²) in [6, 6.07) is 3.52. The summed E-state index contributed by atoms with van der Waals surface area (Å²) in [5.41, 5.74) is -2.14. The van der Waals surface area contributed by atoms with Crippen molar-refractivity contribution in [3.05, 3.63) is 64.7 Å². The molecule has 1 atom stereocenters. The monoisotopic (exact) mass is 456 g/mol. The number of carbonyl (C=O) groups excluding carboxylic acids is 2.